The molecule has 0 fully saturated rings. The molecule has 2 N–H and O–H groups in total. The third kappa shape index (κ3) is 16.9. The smallest absolute Gasteiger partial charge is 0.225 e. The zero-order valence-electron chi connectivity index (χ0n) is 18.8. The normalized spacial score (nSPS) is 11.9. The first-order valence-electron chi connectivity index (χ1n) is 11.6. The summed E-state index contributed by atoms with van der Waals surface area (Å²) in [7, 11) is 1.87. The number of hydrogen-bond donors (Lipinski definition) is 2. The molecule has 4 heteroatoms. The maximum atomic E-state index is 12.0. The molecule has 0 aliphatic rings. The Labute approximate surface area is 174 Å². The van der Waals surface area contributed by atoms with Crippen LogP contribution in [0.3, 0.4) is 0 Å². The molecule has 1 amide bonds. The van der Waals surface area contributed by atoms with Gasteiger partial charge in [0, 0.05) is 20.0 Å². The third-order valence-electron chi connectivity index (χ3n) is 5.05. The lowest BCUT2D eigenvalue weighted by Gasteiger charge is -2.21. The summed E-state index contributed by atoms with van der Waals surface area (Å²) in [4.78, 5) is 13.9. The van der Waals surface area contributed by atoms with Crippen LogP contribution in [0.1, 0.15) is 104 Å². The van der Waals surface area contributed by atoms with Gasteiger partial charge in [-0.25, -0.2) is 0 Å². The number of amides is 1. The van der Waals surface area contributed by atoms with Crippen molar-refractivity contribution in [3.05, 3.63) is 24.0 Å². The molecule has 0 aliphatic carbocycles. The predicted octanol–water partition coefficient (Wildman–Crippen LogP) is 5.93. The van der Waals surface area contributed by atoms with Gasteiger partial charge in [-0.05, 0) is 45.1 Å². The number of rotatable bonds is 19. The lowest BCUT2D eigenvalue weighted by Crippen LogP contribution is -2.34. The average molecular weight is 395 g/mol. The highest BCUT2D eigenvalue weighted by Gasteiger charge is 2.07. The summed E-state index contributed by atoms with van der Waals surface area (Å²) in [5.41, 5.74) is 0. The molecule has 0 unspecified atom stereocenters. The van der Waals surface area contributed by atoms with Gasteiger partial charge in [0.1, 0.15) is 5.82 Å². The molecule has 0 rings (SSSR count). The van der Waals surface area contributed by atoms with Crippen molar-refractivity contribution in [1.29, 1.82) is 0 Å². The Bertz CT molecular complexity index is 419. The maximum absolute atomic E-state index is 12.0. The minimum Gasteiger partial charge on any atom is -0.395 e. The average Bonchev–Trinajstić information content (AvgIpc) is 2.69. The number of unbranched alkanes of at least 4 members (excludes halogenated alkanes) is 11. The summed E-state index contributed by atoms with van der Waals surface area (Å²) in [6, 6.07) is 0. The second-order valence-corrected chi connectivity index (χ2v) is 7.70. The van der Waals surface area contributed by atoms with Crippen LogP contribution in [0.25, 0.3) is 0 Å². The Hall–Kier alpha value is -1.29. The van der Waals surface area contributed by atoms with Crippen LogP contribution in [-0.4, -0.2) is 36.1 Å². The van der Waals surface area contributed by atoms with E-state index in [2.05, 4.69) is 24.4 Å². The zero-order valence-corrected chi connectivity index (χ0v) is 18.8. The third-order valence-corrected chi connectivity index (χ3v) is 5.05. The van der Waals surface area contributed by atoms with E-state index in [1.54, 1.807) is 0 Å². The van der Waals surface area contributed by atoms with E-state index in [0.29, 0.717) is 13.0 Å². The van der Waals surface area contributed by atoms with Gasteiger partial charge in [0.2, 0.25) is 5.91 Å². The number of aliphatic hydroxyl groups is 1. The van der Waals surface area contributed by atoms with Crippen molar-refractivity contribution >= 4 is 5.91 Å². The Balaban J connectivity index is 3.49. The number of nitrogens with zero attached hydrogens (tertiary/aromatic N) is 1. The van der Waals surface area contributed by atoms with Crippen LogP contribution in [0.5, 0.6) is 0 Å². The summed E-state index contributed by atoms with van der Waals surface area (Å²) in [6.07, 6.45) is 23.6. The molecule has 0 spiro atoms. The van der Waals surface area contributed by atoms with Gasteiger partial charge in [0.05, 0.1) is 6.61 Å². The molecule has 0 saturated carbocycles. The second kappa shape index (κ2) is 20.4. The number of likely N-dealkylation sites (N-methyl/N-ethyl adjacent to an activating group) is 1. The summed E-state index contributed by atoms with van der Waals surface area (Å²) in [5.74, 6) is 0.835. The van der Waals surface area contributed by atoms with E-state index in [9.17, 15) is 4.79 Å². The largest absolute Gasteiger partial charge is 0.395 e. The number of carbonyl (C=O) groups is 1. The molecule has 0 radical (unpaired) electrons. The molecule has 4 nitrogen and oxygen atoms in total. The Morgan fingerprint density at radius 1 is 0.893 bits per heavy atom. The Morgan fingerprint density at radius 3 is 1.96 bits per heavy atom. The Morgan fingerprint density at radius 2 is 1.43 bits per heavy atom. The number of carbonyl (C=O) groups excluding carboxylic acids is 1. The molecule has 0 bridgehead atoms. The van der Waals surface area contributed by atoms with Crippen LogP contribution in [0, 0.1) is 0 Å². The molecule has 0 atom stereocenters. The summed E-state index contributed by atoms with van der Waals surface area (Å²) < 4.78 is 0. The van der Waals surface area contributed by atoms with Gasteiger partial charge in [0.15, 0.2) is 0 Å². The van der Waals surface area contributed by atoms with Gasteiger partial charge in [-0.15, -0.1) is 0 Å². The number of allylic oxidation sites excluding steroid dienone is 3. The van der Waals surface area contributed by atoms with E-state index < -0.39 is 0 Å². The molecular formula is C24H46N2O2. The van der Waals surface area contributed by atoms with Crippen molar-refractivity contribution in [3.63, 3.8) is 0 Å². The second-order valence-electron chi connectivity index (χ2n) is 7.70. The highest BCUT2D eigenvalue weighted by molar-refractivity contribution is 5.77. The standard InChI is InChI=1S/C24H46N2O2/c1-4-6-7-8-9-10-11-12-13-14-15-16-17-18-19-20-24(28)25-23(5-2)26(3)21-22-27/h5,12-13,27H,4,6-11,14-22H2,1-3H3,(H,25,28). The van der Waals surface area contributed by atoms with Gasteiger partial charge < -0.3 is 15.3 Å². The fourth-order valence-electron chi connectivity index (χ4n) is 3.22. The SMILES string of the molecule is CC=C(NC(=O)CCCCCCCC=CCCCCCCCC)N(C)CCO. The van der Waals surface area contributed by atoms with Crippen molar-refractivity contribution in [2.45, 2.75) is 104 Å². The van der Waals surface area contributed by atoms with Crippen LogP contribution in [0.2, 0.25) is 0 Å². The van der Waals surface area contributed by atoms with E-state index >= 15 is 0 Å². The summed E-state index contributed by atoms with van der Waals surface area (Å²) in [5, 5.41) is 11.9. The van der Waals surface area contributed by atoms with Crippen LogP contribution in [0.4, 0.5) is 0 Å². The van der Waals surface area contributed by atoms with Crippen LogP contribution < -0.4 is 5.32 Å². The minimum atomic E-state index is 0.0653. The number of hydrogen-bond acceptors (Lipinski definition) is 3. The Kier molecular flexibility index (Phi) is 19.5. The monoisotopic (exact) mass is 394 g/mol. The molecule has 0 aromatic heterocycles. The first kappa shape index (κ1) is 26.7. The molecule has 0 saturated heterocycles. The first-order chi connectivity index (χ1) is 13.7. The van der Waals surface area contributed by atoms with E-state index in [1.807, 2.05) is 24.9 Å². The minimum absolute atomic E-state index is 0.0653. The van der Waals surface area contributed by atoms with Crippen molar-refractivity contribution in [3.8, 4) is 0 Å². The molecule has 0 aromatic carbocycles. The highest BCUT2D eigenvalue weighted by atomic mass is 16.3. The topological polar surface area (TPSA) is 52.6 Å². The maximum Gasteiger partial charge on any atom is 0.225 e. The summed E-state index contributed by atoms with van der Waals surface area (Å²) >= 11 is 0. The molecular weight excluding hydrogens is 348 g/mol. The van der Waals surface area contributed by atoms with Gasteiger partial charge in [0.25, 0.3) is 0 Å². The van der Waals surface area contributed by atoms with Gasteiger partial charge in [-0.2, -0.15) is 0 Å². The predicted molar refractivity (Wildman–Crippen MR) is 121 cm³/mol. The van der Waals surface area contributed by atoms with Gasteiger partial charge in [-0.1, -0.05) is 70.4 Å². The fourth-order valence-corrected chi connectivity index (χ4v) is 3.22. The summed E-state index contributed by atoms with van der Waals surface area (Å²) in [6.45, 7) is 4.76. The fraction of sp³-hybridized carbons (Fsp3) is 0.792. The van der Waals surface area contributed by atoms with Crippen LogP contribution in [0.15, 0.2) is 24.0 Å². The van der Waals surface area contributed by atoms with Gasteiger partial charge >= 0.3 is 0 Å². The van der Waals surface area contributed by atoms with E-state index in [1.165, 1.54) is 70.6 Å². The van der Waals surface area contributed by atoms with Crippen molar-refractivity contribution in [1.82, 2.24) is 10.2 Å². The van der Waals surface area contributed by atoms with E-state index in [-0.39, 0.29) is 12.5 Å². The highest BCUT2D eigenvalue weighted by Crippen LogP contribution is 2.10. The van der Waals surface area contributed by atoms with E-state index in [4.69, 9.17) is 5.11 Å². The lowest BCUT2D eigenvalue weighted by atomic mass is 10.1. The molecule has 0 heterocycles. The molecule has 0 aromatic rings. The van der Waals surface area contributed by atoms with Gasteiger partial charge in [-0.3, -0.25) is 4.79 Å². The van der Waals surface area contributed by atoms with Crippen molar-refractivity contribution in [2.75, 3.05) is 20.2 Å². The first-order valence-corrected chi connectivity index (χ1v) is 11.6. The van der Waals surface area contributed by atoms with Crippen molar-refractivity contribution < 1.29 is 9.90 Å². The number of aliphatic hydroxyl groups excluding tert-OH is 1. The lowest BCUT2D eigenvalue weighted by molar-refractivity contribution is -0.120. The van der Waals surface area contributed by atoms with Crippen molar-refractivity contribution in [2.24, 2.45) is 0 Å². The van der Waals surface area contributed by atoms with E-state index in [0.717, 1.165) is 18.7 Å². The number of nitrogens with one attached hydrogen (secondary N) is 1. The molecule has 0 aliphatic heterocycles. The molecule has 164 valence electrons. The quantitative estimate of drug-likeness (QED) is 0.211. The van der Waals surface area contributed by atoms with Crippen LogP contribution >= 0.6 is 0 Å². The van der Waals surface area contributed by atoms with Crippen LogP contribution in [-0.2, 0) is 4.79 Å². The zero-order chi connectivity index (χ0) is 20.9. The molecule has 28 heavy (non-hydrogen) atoms.